The van der Waals surface area contributed by atoms with Crippen LogP contribution in [0.15, 0.2) is 0 Å². The minimum Gasteiger partial charge on any atom is -0.380 e. The first-order chi connectivity index (χ1) is 6.35. The number of nitrogens with one attached hydrogen (secondary N) is 1. The van der Waals surface area contributed by atoms with Gasteiger partial charge in [0.05, 0.1) is 13.2 Å². The van der Waals surface area contributed by atoms with E-state index < -0.39 is 0 Å². The van der Waals surface area contributed by atoms with Gasteiger partial charge in [-0.2, -0.15) is 0 Å². The van der Waals surface area contributed by atoms with Crippen molar-refractivity contribution in [2.45, 2.75) is 32.6 Å². The topological polar surface area (TPSA) is 21.3 Å². The minimum absolute atomic E-state index is 0.559. The van der Waals surface area contributed by atoms with Crippen LogP contribution in [0.4, 0.5) is 0 Å². The Hall–Kier alpha value is -0.0800. The Balaban J connectivity index is 1.81. The molecule has 0 aromatic heterocycles. The number of rotatable bonds is 3. The largest absolute Gasteiger partial charge is 0.380 e. The highest BCUT2D eigenvalue weighted by Gasteiger charge is 2.38. The molecule has 0 amide bonds. The highest BCUT2D eigenvalue weighted by molar-refractivity contribution is 4.87. The summed E-state index contributed by atoms with van der Waals surface area (Å²) in [6.45, 7) is 6.80. The van der Waals surface area contributed by atoms with Crippen LogP contribution in [0.3, 0.4) is 0 Å². The lowest BCUT2D eigenvalue weighted by Crippen LogP contribution is -2.45. The van der Waals surface area contributed by atoms with E-state index in [-0.39, 0.29) is 0 Å². The first kappa shape index (κ1) is 9.47. The summed E-state index contributed by atoms with van der Waals surface area (Å²) in [5, 5.41) is 3.49. The van der Waals surface area contributed by atoms with E-state index in [1.165, 1.54) is 38.8 Å². The molecule has 2 fully saturated rings. The first-order valence-electron chi connectivity index (χ1n) is 5.63. The van der Waals surface area contributed by atoms with Crippen molar-refractivity contribution >= 4 is 0 Å². The molecule has 0 radical (unpaired) electrons. The van der Waals surface area contributed by atoms with Gasteiger partial charge in [-0.15, -0.1) is 0 Å². The lowest BCUT2D eigenvalue weighted by Gasteiger charge is -2.44. The molecule has 76 valence electrons. The second kappa shape index (κ2) is 3.97. The van der Waals surface area contributed by atoms with Crippen LogP contribution in [0.25, 0.3) is 0 Å². The molecule has 0 aromatic rings. The molecule has 13 heavy (non-hydrogen) atoms. The van der Waals surface area contributed by atoms with Crippen molar-refractivity contribution in [1.82, 2.24) is 5.32 Å². The molecule has 2 aliphatic heterocycles. The summed E-state index contributed by atoms with van der Waals surface area (Å²) in [5.74, 6) is 0.914. The SMILES string of the molecule is CCC1(CC2CCCNC2)COC1. The van der Waals surface area contributed by atoms with E-state index in [0.29, 0.717) is 5.41 Å². The van der Waals surface area contributed by atoms with Gasteiger partial charge in [0.2, 0.25) is 0 Å². The average Bonchev–Trinajstić information content (AvgIpc) is 2.13. The van der Waals surface area contributed by atoms with Crippen LogP contribution in [-0.2, 0) is 4.74 Å². The summed E-state index contributed by atoms with van der Waals surface area (Å²) in [5.41, 5.74) is 0.559. The van der Waals surface area contributed by atoms with E-state index in [2.05, 4.69) is 12.2 Å². The fourth-order valence-electron chi connectivity index (χ4n) is 2.57. The number of piperidine rings is 1. The fraction of sp³-hybridized carbons (Fsp3) is 1.00. The highest BCUT2D eigenvalue weighted by Crippen LogP contribution is 2.39. The van der Waals surface area contributed by atoms with Crippen LogP contribution in [0.1, 0.15) is 32.6 Å². The van der Waals surface area contributed by atoms with Crippen molar-refractivity contribution in [3.8, 4) is 0 Å². The normalized spacial score (nSPS) is 32.5. The minimum atomic E-state index is 0.559. The quantitative estimate of drug-likeness (QED) is 0.720. The molecule has 0 aliphatic carbocycles. The molecule has 1 unspecified atom stereocenters. The first-order valence-corrected chi connectivity index (χ1v) is 5.63. The molecule has 0 spiro atoms. The van der Waals surface area contributed by atoms with E-state index in [1.807, 2.05) is 0 Å². The molecule has 2 heterocycles. The molecule has 1 atom stereocenters. The summed E-state index contributed by atoms with van der Waals surface area (Å²) in [6.07, 6.45) is 5.47. The fourth-order valence-corrected chi connectivity index (χ4v) is 2.57. The van der Waals surface area contributed by atoms with Crippen LogP contribution < -0.4 is 5.32 Å². The van der Waals surface area contributed by atoms with Gasteiger partial charge in [0.25, 0.3) is 0 Å². The van der Waals surface area contributed by atoms with Gasteiger partial charge < -0.3 is 10.1 Å². The molecular weight excluding hydrogens is 162 g/mol. The molecule has 2 nitrogen and oxygen atoms in total. The van der Waals surface area contributed by atoms with E-state index >= 15 is 0 Å². The van der Waals surface area contributed by atoms with Crippen LogP contribution >= 0.6 is 0 Å². The van der Waals surface area contributed by atoms with Crippen LogP contribution in [0.2, 0.25) is 0 Å². The third-order valence-electron chi connectivity index (χ3n) is 3.69. The van der Waals surface area contributed by atoms with Gasteiger partial charge in [-0.1, -0.05) is 6.92 Å². The zero-order valence-electron chi connectivity index (χ0n) is 8.64. The second-order valence-corrected chi connectivity index (χ2v) is 4.76. The Morgan fingerprint density at radius 3 is 2.77 bits per heavy atom. The summed E-state index contributed by atoms with van der Waals surface area (Å²) in [4.78, 5) is 0. The van der Waals surface area contributed by atoms with Gasteiger partial charge in [-0.25, -0.2) is 0 Å². The zero-order chi connectivity index (χ0) is 9.15. The smallest absolute Gasteiger partial charge is 0.0544 e. The Kier molecular flexibility index (Phi) is 2.89. The molecule has 2 saturated heterocycles. The van der Waals surface area contributed by atoms with E-state index in [0.717, 1.165) is 19.1 Å². The van der Waals surface area contributed by atoms with Gasteiger partial charge in [-0.05, 0) is 44.7 Å². The van der Waals surface area contributed by atoms with Crippen LogP contribution in [0, 0.1) is 11.3 Å². The molecular formula is C11H21NO. The van der Waals surface area contributed by atoms with Crippen LogP contribution in [0.5, 0.6) is 0 Å². The summed E-state index contributed by atoms with van der Waals surface area (Å²) in [6, 6.07) is 0. The zero-order valence-corrected chi connectivity index (χ0v) is 8.64. The van der Waals surface area contributed by atoms with Crippen molar-refractivity contribution in [2.75, 3.05) is 26.3 Å². The third kappa shape index (κ3) is 2.05. The number of hydrogen-bond donors (Lipinski definition) is 1. The van der Waals surface area contributed by atoms with Gasteiger partial charge in [0, 0.05) is 5.41 Å². The Labute approximate surface area is 81.0 Å². The monoisotopic (exact) mass is 183 g/mol. The Morgan fingerprint density at radius 1 is 1.46 bits per heavy atom. The Bertz CT molecular complexity index is 154. The summed E-state index contributed by atoms with van der Waals surface area (Å²) < 4.78 is 5.35. The third-order valence-corrected chi connectivity index (χ3v) is 3.69. The van der Waals surface area contributed by atoms with E-state index in [9.17, 15) is 0 Å². The highest BCUT2D eigenvalue weighted by atomic mass is 16.5. The van der Waals surface area contributed by atoms with Crippen molar-refractivity contribution in [3.05, 3.63) is 0 Å². The van der Waals surface area contributed by atoms with Gasteiger partial charge >= 0.3 is 0 Å². The van der Waals surface area contributed by atoms with Gasteiger partial charge in [0.15, 0.2) is 0 Å². The molecule has 0 aromatic carbocycles. The average molecular weight is 183 g/mol. The van der Waals surface area contributed by atoms with Crippen molar-refractivity contribution in [3.63, 3.8) is 0 Å². The lowest BCUT2D eigenvalue weighted by atomic mass is 9.74. The van der Waals surface area contributed by atoms with Crippen LogP contribution in [-0.4, -0.2) is 26.3 Å². The predicted molar refractivity (Wildman–Crippen MR) is 53.8 cm³/mol. The standard InChI is InChI=1S/C11H21NO/c1-2-11(8-13-9-11)6-10-4-3-5-12-7-10/h10,12H,2-9H2,1H3. The predicted octanol–water partition coefficient (Wildman–Crippen LogP) is 1.80. The molecule has 0 saturated carbocycles. The summed E-state index contributed by atoms with van der Waals surface area (Å²) >= 11 is 0. The lowest BCUT2D eigenvalue weighted by molar-refractivity contribution is -0.127. The molecule has 1 N–H and O–H groups in total. The molecule has 2 rings (SSSR count). The van der Waals surface area contributed by atoms with Gasteiger partial charge in [-0.3, -0.25) is 0 Å². The van der Waals surface area contributed by atoms with Crippen molar-refractivity contribution in [1.29, 1.82) is 0 Å². The van der Waals surface area contributed by atoms with Gasteiger partial charge in [0.1, 0.15) is 0 Å². The summed E-state index contributed by atoms with van der Waals surface area (Å²) in [7, 11) is 0. The van der Waals surface area contributed by atoms with Crippen molar-refractivity contribution < 1.29 is 4.74 Å². The molecule has 2 aliphatic rings. The number of ether oxygens (including phenoxy) is 1. The molecule has 0 bridgehead atoms. The number of hydrogen-bond acceptors (Lipinski definition) is 2. The molecule has 2 heteroatoms. The maximum absolute atomic E-state index is 5.35. The maximum Gasteiger partial charge on any atom is 0.0544 e. The van der Waals surface area contributed by atoms with Crippen molar-refractivity contribution in [2.24, 2.45) is 11.3 Å². The maximum atomic E-state index is 5.35. The second-order valence-electron chi connectivity index (χ2n) is 4.76. The Morgan fingerprint density at radius 2 is 2.31 bits per heavy atom. The van der Waals surface area contributed by atoms with E-state index in [1.54, 1.807) is 0 Å². The van der Waals surface area contributed by atoms with E-state index in [4.69, 9.17) is 4.74 Å².